The highest BCUT2D eigenvalue weighted by Crippen LogP contribution is 2.28. The van der Waals surface area contributed by atoms with Crippen molar-refractivity contribution in [2.24, 2.45) is 4.99 Å². The van der Waals surface area contributed by atoms with Crippen molar-refractivity contribution in [3.63, 3.8) is 0 Å². The average molecular weight is 364 g/mol. The first-order valence-corrected chi connectivity index (χ1v) is 9.70. The van der Waals surface area contributed by atoms with Gasteiger partial charge in [0.1, 0.15) is 0 Å². The van der Waals surface area contributed by atoms with Crippen molar-refractivity contribution in [2.75, 3.05) is 40.0 Å². The lowest BCUT2D eigenvalue weighted by atomic mass is 10.1. The van der Waals surface area contributed by atoms with Gasteiger partial charge in [-0.15, -0.1) is 0 Å². The van der Waals surface area contributed by atoms with Crippen molar-refractivity contribution in [3.8, 4) is 11.5 Å². The van der Waals surface area contributed by atoms with Crippen LogP contribution in [0.3, 0.4) is 0 Å². The molecule has 1 atom stereocenters. The molecule has 1 aliphatic heterocycles. The average Bonchev–Trinajstić information content (AvgIpc) is 3.17. The Bertz CT molecular complexity index is 557. The molecule has 1 aromatic carbocycles. The van der Waals surface area contributed by atoms with Crippen LogP contribution in [0.25, 0.3) is 0 Å². The molecule has 1 unspecified atom stereocenters. The molecule has 1 aromatic rings. The highest BCUT2D eigenvalue weighted by molar-refractivity contribution is 5.79. The monoisotopic (exact) mass is 363 g/mol. The third kappa shape index (κ3) is 6.75. The zero-order chi connectivity index (χ0) is 18.6. The lowest BCUT2D eigenvalue weighted by molar-refractivity contribution is 0.117. The van der Waals surface area contributed by atoms with Gasteiger partial charge in [0, 0.05) is 19.7 Å². The second-order valence-electron chi connectivity index (χ2n) is 6.30. The molecule has 0 saturated carbocycles. The number of rotatable bonds is 10. The summed E-state index contributed by atoms with van der Waals surface area (Å²) in [6.07, 6.45) is 4.53. The van der Waals surface area contributed by atoms with E-state index in [-0.39, 0.29) is 6.10 Å². The van der Waals surface area contributed by atoms with Crippen LogP contribution in [0.4, 0.5) is 0 Å². The summed E-state index contributed by atoms with van der Waals surface area (Å²) in [5, 5.41) is 6.70. The summed E-state index contributed by atoms with van der Waals surface area (Å²) >= 11 is 0. The molecule has 0 aromatic heterocycles. The van der Waals surface area contributed by atoms with Crippen molar-refractivity contribution in [2.45, 2.75) is 45.6 Å². The van der Waals surface area contributed by atoms with Gasteiger partial charge in [0.25, 0.3) is 0 Å². The Labute approximate surface area is 157 Å². The number of aryl methyl sites for hydroxylation is 1. The molecule has 2 rings (SSSR count). The molecule has 0 bridgehead atoms. The largest absolute Gasteiger partial charge is 0.493 e. The molecule has 146 valence electrons. The van der Waals surface area contributed by atoms with Gasteiger partial charge >= 0.3 is 0 Å². The van der Waals surface area contributed by atoms with E-state index < -0.39 is 0 Å². The lowest BCUT2D eigenvalue weighted by Crippen LogP contribution is -2.38. The molecule has 6 nitrogen and oxygen atoms in total. The molecule has 1 aliphatic rings. The van der Waals surface area contributed by atoms with Gasteiger partial charge in [-0.1, -0.05) is 6.07 Å². The normalized spacial score (nSPS) is 17.2. The van der Waals surface area contributed by atoms with E-state index in [0.717, 1.165) is 69.4 Å². The first-order chi connectivity index (χ1) is 12.8. The van der Waals surface area contributed by atoms with Crippen LogP contribution in [0.2, 0.25) is 0 Å². The number of nitrogens with zero attached hydrogens (tertiary/aromatic N) is 1. The highest BCUT2D eigenvalue weighted by atomic mass is 16.5. The second-order valence-corrected chi connectivity index (χ2v) is 6.30. The van der Waals surface area contributed by atoms with E-state index in [0.29, 0.717) is 6.61 Å². The standard InChI is InChI=1S/C20H33N3O3/c1-4-21-20(23-15-17-9-7-13-26-17)22-12-6-8-16-10-11-18(24-3)19(14-16)25-5-2/h10-11,14,17H,4-9,12-13,15H2,1-3H3,(H2,21,22,23). The van der Waals surface area contributed by atoms with Crippen LogP contribution in [-0.4, -0.2) is 52.0 Å². The van der Waals surface area contributed by atoms with Crippen molar-refractivity contribution >= 4 is 5.96 Å². The molecule has 2 N–H and O–H groups in total. The number of guanidine groups is 1. The number of methoxy groups -OCH3 is 1. The van der Waals surface area contributed by atoms with Crippen molar-refractivity contribution < 1.29 is 14.2 Å². The Morgan fingerprint density at radius 3 is 2.85 bits per heavy atom. The fraction of sp³-hybridized carbons (Fsp3) is 0.650. The van der Waals surface area contributed by atoms with Crippen LogP contribution < -0.4 is 20.1 Å². The molecule has 0 spiro atoms. The van der Waals surface area contributed by atoms with E-state index in [1.54, 1.807) is 7.11 Å². The summed E-state index contributed by atoms with van der Waals surface area (Å²) in [7, 11) is 1.67. The van der Waals surface area contributed by atoms with Gasteiger partial charge < -0.3 is 24.8 Å². The van der Waals surface area contributed by atoms with Gasteiger partial charge in [-0.3, -0.25) is 4.99 Å². The zero-order valence-corrected chi connectivity index (χ0v) is 16.3. The van der Waals surface area contributed by atoms with E-state index in [1.165, 1.54) is 5.56 Å². The van der Waals surface area contributed by atoms with Gasteiger partial charge in [-0.25, -0.2) is 0 Å². The minimum Gasteiger partial charge on any atom is -0.493 e. The van der Waals surface area contributed by atoms with E-state index in [1.807, 2.05) is 13.0 Å². The zero-order valence-electron chi connectivity index (χ0n) is 16.3. The maximum atomic E-state index is 5.64. The van der Waals surface area contributed by atoms with Crippen LogP contribution in [0.15, 0.2) is 23.2 Å². The predicted octanol–water partition coefficient (Wildman–Crippen LogP) is 2.76. The van der Waals surface area contributed by atoms with Crippen LogP contribution in [-0.2, 0) is 11.2 Å². The molecule has 1 heterocycles. The first kappa shape index (κ1) is 20.4. The number of hydrogen-bond donors (Lipinski definition) is 2. The van der Waals surface area contributed by atoms with Crippen molar-refractivity contribution in [1.82, 2.24) is 10.6 Å². The summed E-state index contributed by atoms with van der Waals surface area (Å²) in [5.74, 6) is 2.46. The molecule has 1 fully saturated rings. The summed E-state index contributed by atoms with van der Waals surface area (Å²) in [6.45, 7) is 8.01. The SMILES string of the molecule is CCNC(=NCC1CCCO1)NCCCc1ccc(OC)c(OCC)c1. The number of nitrogens with one attached hydrogen (secondary N) is 2. The summed E-state index contributed by atoms with van der Waals surface area (Å²) in [5.41, 5.74) is 1.25. The van der Waals surface area contributed by atoms with Crippen LogP contribution in [0, 0.1) is 0 Å². The topological polar surface area (TPSA) is 64.1 Å². The number of hydrogen-bond acceptors (Lipinski definition) is 4. The van der Waals surface area contributed by atoms with Crippen molar-refractivity contribution in [3.05, 3.63) is 23.8 Å². The Morgan fingerprint density at radius 2 is 2.15 bits per heavy atom. The van der Waals surface area contributed by atoms with Crippen molar-refractivity contribution in [1.29, 1.82) is 0 Å². The maximum Gasteiger partial charge on any atom is 0.191 e. The lowest BCUT2D eigenvalue weighted by Gasteiger charge is -2.13. The Hall–Kier alpha value is -1.95. The van der Waals surface area contributed by atoms with E-state index in [9.17, 15) is 0 Å². The molecule has 6 heteroatoms. The number of ether oxygens (including phenoxy) is 3. The second kappa shape index (κ2) is 11.6. The minimum absolute atomic E-state index is 0.279. The summed E-state index contributed by atoms with van der Waals surface area (Å²) in [6, 6.07) is 6.14. The summed E-state index contributed by atoms with van der Waals surface area (Å²) in [4.78, 5) is 4.63. The Balaban J connectivity index is 1.78. The third-order valence-corrected chi connectivity index (χ3v) is 4.28. The molecule has 0 aliphatic carbocycles. The Morgan fingerprint density at radius 1 is 1.27 bits per heavy atom. The summed E-state index contributed by atoms with van der Waals surface area (Å²) < 4.78 is 16.6. The van der Waals surface area contributed by atoms with Gasteiger partial charge in [-0.2, -0.15) is 0 Å². The Kier molecular flexibility index (Phi) is 9.10. The number of aliphatic imine (C=N–C) groups is 1. The van der Waals surface area contributed by atoms with E-state index in [4.69, 9.17) is 14.2 Å². The quantitative estimate of drug-likeness (QED) is 0.380. The van der Waals surface area contributed by atoms with Crippen LogP contribution in [0.5, 0.6) is 11.5 Å². The minimum atomic E-state index is 0.279. The first-order valence-electron chi connectivity index (χ1n) is 9.70. The highest BCUT2D eigenvalue weighted by Gasteiger charge is 2.14. The van der Waals surface area contributed by atoms with E-state index in [2.05, 4.69) is 34.7 Å². The fourth-order valence-electron chi connectivity index (χ4n) is 2.97. The van der Waals surface area contributed by atoms with Gasteiger partial charge in [0.15, 0.2) is 17.5 Å². The molecular weight excluding hydrogens is 330 g/mol. The molecule has 1 saturated heterocycles. The van der Waals surface area contributed by atoms with Gasteiger partial charge in [0.2, 0.25) is 0 Å². The molecular formula is C20H33N3O3. The van der Waals surface area contributed by atoms with E-state index >= 15 is 0 Å². The van der Waals surface area contributed by atoms with Crippen LogP contribution in [0.1, 0.15) is 38.7 Å². The van der Waals surface area contributed by atoms with Gasteiger partial charge in [-0.05, 0) is 57.2 Å². The molecule has 0 amide bonds. The third-order valence-electron chi connectivity index (χ3n) is 4.28. The smallest absolute Gasteiger partial charge is 0.191 e. The van der Waals surface area contributed by atoms with Crippen LogP contribution >= 0.6 is 0 Å². The maximum absolute atomic E-state index is 5.64. The molecule has 0 radical (unpaired) electrons. The molecule has 26 heavy (non-hydrogen) atoms. The fourth-order valence-corrected chi connectivity index (χ4v) is 2.97. The number of benzene rings is 1. The van der Waals surface area contributed by atoms with Gasteiger partial charge in [0.05, 0.1) is 26.4 Å². The predicted molar refractivity (Wildman–Crippen MR) is 105 cm³/mol.